The number of aliphatic hydroxyl groups excluding tert-OH is 1. The van der Waals surface area contributed by atoms with Crippen molar-refractivity contribution in [1.82, 2.24) is 19.6 Å². The van der Waals surface area contributed by atoms with Gasteiger partial charge in [0.05, 0.1) is 27.7 Å². The first-order chi connectivity index (χ1) is 16.4. The van der Waals surface area contributed by atoms with Gasteiger partial charge in [-0.3, -0.25) is 0 Å². The van der Waals surface area contributed by atoms with Crippen LogP contribution in [0.2, 0.25) is 10.0 Å². The van der Waals surface area contributed by atoms with Crippen LogP contribution in [-0.4, -0.2) is 56.5 Å². The summed E-state index contributed by atoms with van der Waals surface area (Å²) in [4.78, 5) is 7.96. The number of hydrogen-bond acceptors (Lipinski definition) is 9. The first kappa shape index (κ1) is 23.6. The SMILES string of the molecule is CC1OCC2(CCN(c3nc(C#N)c(Sc4cccc(Cl)c4Cl)c4nnc(CO)n34)CC2)C1N. The van der Waals surface area contributed by atoms with Gasteiger partial charge in [-0.25, -0.2) is 9.38 Å². The van der Waals surface area contributed by atoms with Gasteiger partial charge >= 0.3 is 0 Å². The maximum absolute atomic E-state index is 9.95. The summed E-state index contributed by atoms with van der Waals surface area (Å²) >= 11 is 13.8. The first-order valence-corrected chi connectivity index (χ1v) is 12.5. The summed E-state index contributed by atoms with van der Waals surface area (Å²) in [7, 11) is 0. The summed E-state index contributed by atoms with van der Waals surface area (Å²) in [5.41, 5.74) is 7.05. The van der Waals surface area contributed by atoms with E-state index in [1.54, 1.807) is 16.5 Å². The van der Waals surface area contributed by atoms with Crippen molar-refractivity contribution < 1.29 is 9.84 Å². The van der Waals surface area contributed by atoms with E-state index < -0.39 is 0 Å². The molecule has 2 aliphatic rings. The van der Waals surface area contributed by atoms with Crippen LogP contribution in [0, 0.1) is 16.7 Å². The zero-order valence-corrected chi connectivity index (χ0v) is 20.7. The Labute approximate surface area is 210 Å². The molecule has 1 aromatic carbocycles. The van der Waals surface area contributed by atoms with Gasteiger partial charge in [0.15, 0.2) is 17.2 Å². The minimum absolute atomic E-state index is 0.0126. The predicted molar refractivity (Wildman–Crippen MR) is 129 cm³/mol. The van der Waals surface area contributed by atoms with Gasteiger partial charge in [-0.05, 0) is 31.9 Å². The van der Waals surface area contributed by atoms with Gasteiger partial charge in [0, 0.05) is 29.4 Å². The second-order valence-corrected chi connectivity index (χ2v) is 10.5. The van der Waals surface area contributed by atoms with E-state index >= 15 is 0 Å². The minimum Gasteiger partial charge on any atom is -0.388 e. The molecule has 5 rings (SSSR count). The Bertz CT molecular complexity index is 1290. The number of nitrogens with zero attached hydrogens (tertiary/aromatic N) is 6. The van der Waals surface area contributed by atoms with Crippen LogP contribution >= 0.6 is 35.0 Å². The van der Waals surface area contributed by atoms with Crippen LogP contribution in [-0.2, 0) is 11.3 Å². The molecule has 2 fully saturated rings. The van der Waals surface area contributed by atoms with Crippen LogP contribution in [0.15, 0.2) is 28.0 Å². The highest BCUT2D eigenvalue weighted by Crippen LogP contribution is 2.43. The lowest BCUT2D eigenvalue weighted by atomic mass is 9.73. The molecule has 0 amide bonds. The standard InChI is InChI=1S/C22H23Cl2N7O2S/c1-12-19(26)22(11-33-12)5-7-30(8-6-22)21-27-14(9-25)18(20-29-28-16(10-32)31(20)21)34-15-4-2-3-13(23)17(15)24/h2-4,12,19,32H,5-8,10-11,26H2,1H3. The minimum atomic E-state index is -0.322. The van der Waals surface area contributed by atoms with Gasteiger partial charge in [0.25, 0.3) is 0 Å². The third-order valence-corrected chi connectivity index (χ3v) is 8.90. The zero-order valence-electron chi connectivity index (χ0n) is 18.4. The molecule has 0 bridgehead atoms. The van der Waals surface area contributed by atoms with Crippen LogP contribution in [0.4, 0.5) is 5.95 Å². The molecule has 1 spiro atoms. The number of benzene rings is 1. The number of nitrogens with two attached hydrogens (primary N) is 1. The molecule has 2 saturated heterocycles. The highest BCUT2D eigenvalue weighted by Gasteiger charge is 2.48. The van der Waals surface area contributed by atoms with Gasteiger partial charge in [0.1, 0.15) is 12.7 Å². The van der Waals surface area contributed by atoms with Crippen LogP contribution in [0.5, 0.6) is 0 Å². The van der Waals surface area contributed by atoms with Crippen molar-refractivity contribution in [3.05, 3.63) is 39.8 Å². The second-order valence-electron chi connectivity index (χ2n) is 8.68. The van der Waals surface area contributed by atoms with Crippen LogP contribution in [0.25, 0.3) is 5.65 Å². The number of hydrogen-bond donors (Lipinski definition) is 2. The Morgan fingerprint density at radius 3 is 2.74 bits per heavy atom. The molecule has 12 heteroatoms. The lowest BCUT2D eigenvalue weighted by Gasteiger charge is -2.41. The lowest BCUT2D eigenvalue weighted by molar-refractivity contribution is 0.0973. The summed E-state index contributed by atoms with van der Waals surface area (Å²) in [6.45, 7) is 3.72. The molecule has 0 radical (unpaired) electrons. The summed E-state index contributed by atoms with van der Waals surface area (Å²) < 4.78 is 7.55. The van der Waals surface area contributed by atoms with Crippen molar-refractivity contribution in [3.8, 4) is 6.07 Å². The molecular weight excluding hydrogens is 497 g/mol. The maximum atomic E-state index is 9.95. The van der Waals surface area contributed by atoms with E-state index in [9.17, 15) is 10.4 Å². The quantitative estimate of drug-likeness (QED) is 0.533. The molecule has 4 heterocycles. The summed E-state index contributed by atoms with van der Waals surface area (Å²) in [5, 5.41) is 29.1. The number of rotatable bonds is 4. The Kier molecular flexibility index (Phi) is 6.35. The van der Waals surface area contributed by atoms with Crippen molar-refractivity contribution in [2.24, 2.45) is 11.1 Å². The fraction of sp³-hybridized carbons (Fsp3) is 0.455. The molecule has 0 saturated carbocycles. The van der Waals surface area contributed by atoms with Gasteiger partial charge in [-0.1, -0.05) is 41.0 Å². The average molecular weight is 520 g/mol. The van der Waals surface area contributed by atoms with Crippen LogP contribution in [0.3, 0.4) is 0 Å². The van der Waals surface area contributed by atoms with Crippen molar-refractivity contribution in [2.45, 2.75) is 48.3 Å². The predicted octanol–water partition coefficient (Wildman–Crippen LogP) is 3.28. The molecule has 0 aliphatic carbocycles. The monoisotopic (exact) mass is 519 g/mol. The van der Waals surface area contributed by atoms with Crippen molar-refractivity contribution in [3.63, 3.8) is 0 Å². The van der Waals surface area contributed by atoms with E-state index in [2.05, 4.69) is 21.2 Å². The summed E-state index contributed by atoms with van der Waals surface area (Å²) in [5.74, 6) is 0.869. The van der Waals surface area contributed by atoms with Gasteiger partial charge in [-0.15, -0.1) is 10.2 Å². The largest absolute Gasteiger partial charge is 0.388 e. The number of nitriles is 1. The van der Waals surface area contributed by atoms with Crippen LogP contribution < -0.4 is 10.6 Å². The number of aromatic nitrogens is 4. The second kappa shape index (κ2) is 9.15. The highest BCUT2D eigenvalue weighted by molar-refractivity contribution is 7.99. The van der Waals surface area contributed by atoms with E-state index in [0.717, 1.165) is 12.8 Å². The Morgan fingerprint density at radius 1 is 1.32 bits per heavy atom. The molecule has 2 unspecified atom stereocenters. The van der Waals surface area contributed by atoms with E-state index in [-0.39, 0.29) is 29.9 Å². The molecule has 34 heavy (non-hydrogen) atoms. The highest BCUT2D eigenvalue weighted by atomic mass is 35.5. The average Bonchev–Trinajstić information content (AvgIpc) is 3.40. The number of anilines is 1. The number of halogens is 2. The summed E-state index contributed by atoms with van der Waals surface area (Å²) in [6.07, 6.45) is 1.72. The zero-order chi connectivity index (χ0) is 24.0. The van der Waals surface area contributed by atoms with Crippen LogP contribution in [0.1, 0.15) is 31.3 Å². The van der Waals surface area contributed by atoms with E-state index in [1.165, 1.54) is 11.8 Å². The normalized spacial score (nSPS) is 21.9. The Balaban J connectivity index is 1.55. The van der Waals surface area contributed by atoms with Crippen molar-refractivity contribution >= 4 is 46.6 Å². The molecule has 178 valence electrons. The molecular formula is C22H23Cl2N7O2S. The van der Waals surface area contributed by atoms with Gasteiger partial charge in [-0.2, -0.15) is 5.26 Å². The van der Waals surface area contributed by atoms with Gasteiger partial charge in [0.2, 0.25) is 5.95 Å². The molecule has 2 atom stereocenters. The molecule has 2 aliphatic heterocycles. The van der Waals surface area contributed by atoms with Crippen molar-refractivity contribution in [2.75, 3.05) is 24.6 Å². The molecule has 3 aromatic rings. The first-order valence-electron chi connectivity index (χ1n) is 10.9. The Morgan fingerprint density at radius 2 is 2.09 bits per heavy atom. The third kappa shape index (κ3) is 3.81. The van der Waals surface area contributed by atoms with Gasteiger partial charge < -0.3 is 20.5 Å². The third-order valence-electron chi connectivity index (χ3n) is 6.82. The Hall–Kier alpha value is -2.13. The van der Waals surface area contributed by atoms with Crippen molar-refractivity contribution in [1.29, 1.82) is 5.26 Å². The molecule has 3 N–H and O–H groups in total. The lowest BCUT2D eigenvalue weighted by Crippen LogP contribution is -2.51. The number of piperidine rings is 1. The van der Waals surface area contributed by atoms with E-state index in [4.69, 9.17) is 38.7 Å². The molecule has 2 aromatic heterocycles. The maximum Gasteiger partial charge on any atom is 0.214 e. The molecule has 9 nitrogen and oxygen atoms in total. The number of fused-ring (bicyclic) bond motifs is 1. The number of aliphatic hydroxyl groups is 1. The topological polar surface area (TPSA) is 126 Å². The summed E-state index contributed by atoms with van der Waals surface area (Å²) in [6, 6.07) is 7.47. The number of ether oxygens (including phenoxy) is 1. The smallest absolute Gasteiger partial charge is 0.214 e. The van der Waals surface area contributed by atoms with E-state index in [1.807, 2.05) is 13.0 Å². The fourth-order valence-corrected chi connectivity index (χ4v) is 6.21. The fourth-order valence-electron chi connectivity index (χ4n) is 4.76. The van der Waals surface area contributed by atoms with E-state index in [0.29, 0.717) is 57.0 Å².